The smallest absolute Gasteiger partial charge is 0.262 e. The summed E-state index contributed by atoms with van der Waals surface area (Å²) in [6.45, 7) is -0.196. The Hall–Kier alpha value is -4.33. The van der Waals surface area contributed by atoms with Crippen LogP contribution in [0.2, 0.25) is 0 Å². The van der Waals surface area contributed by atoms with Crippen molar-refractivity contribution in [1.82, 2.24) is 10.1 Å². The minimum atomic E-state index is -0.323. The lowest BCUT2D eigenvalue weighted by Crippen LogP contribution is -2.20. The number of rotatable bonds is 8. The number of aromatic nitrogens is 2. The van der Waals surface area contributed by atoms with Crippen molar-refractivity contribution in [2.75, 3.05) is 26.1 Å². The van der Waals surface area contributed by atoms with E-state index >= 15 is 0 Å². The van der Waals surface area contributed by atoms with Gasteiger partial charge in [-0.25, -0.2) is 0 Å². The molecule has 0 aliphatic heterocycles. The van der Waals surface area contributed by atoms with E-state index in [2.05, 4.69) is 15.5 Å². The Labute approximate surface area is 184 Å². The minimum Gasteiger partial charge on any atom is -0.497 e. The first-order valence-corrected chi connectivity index (χ1v) is 9.81. The number of para-hydroxylation sites is 3. The van der Waals surface area contributed by atoms with Gasteiger partial charge >= 0.3 is 0 Å². The molecule has 1 aromatic heterocycles. The Balaban J connectivity index is 1.47. The van der Waals surface area contributed by atoms with E-state index in [0.717, 1.165) is 11.3 Å². The van der Waals surface area contributed by atoms with Crippen LogP contribution in [0.4, 0.5) is 5.69 Å². The molecule has 0 aliphatic carbocycles. The molecule has 3 aromatic carbocycles. The molecule has 0 aliphatic rings. The number of nitrogens with one attached hydrogen (secondary N) is 1. The standard InChI is InChI=1S/C24H21N3O5/c1-29-17-13-11-16(12-14-17)24-26-23(27-32-24)18-7-3-5-9-20(18)31-15-22(28)25-19-8-4-6-10-21(19)30-2/h3-14H,15H2,1-2H3,(H,25,28). The van der Waals surface area contributed by atoms with Crippen molar-refractivity contribution >= 4 is 11.6 Å². The lowest BCUT2D eigenvalue weighted by molar-refractivity contribution is -0.118. The minimum absolute atomic E-state index is 0.196. The molecule has 1 N–H and O–H groups in total. The molecule has 8 nitrogen and oxygen atoms in total. The maximum Gasteiger partial charge on any atom is 0.262 e. The summed E-state index contributed by atoms with van der Waals surface area (Å²) >= 11 is 0. The highest BCUT2D eigenvalue weighted by atomic mass is 16.5. The van der Waals surface area contributed by atoms with Crippen LogP contribution in [0.15, 0.2) is 77.3 Å². The predicted molar refractivity (Wildman–Crippen MR) is 119 cm³/mol. The summed E-state index contributed by atoms with van der Waals surface area (Å²) < 4.78 is 21.6. The third kappa shape index (κ3) is 4.70. The van der Waals surface area contributed by atoms with E-state index in [0.29, 0.717) is 34.5 Å². The number of nitrogens with zero attached hydrogens (tertiary/aromatic N) is 2. The second-order valence-corrected chi connectivity index (χ2v) is 6.68. The number of benzene rings is 3. The third-order valence-electron chi connectivity index (χ3n) is 4.63. The van der Waals surface area contributed by atoms with Crippen molar-refractivity contribution in [3.8, 4) is 40.1 Å². The maximum atomic E-state index is 12.4. The second kappa shape index (κ2) is 9.65. The van der Waals surface area contributed by atoms with Gasteiger partial charge in [0, 0.05) is 5.56 Å². The maximum absolute atomic E-state index is 12.4. The summed E-state index contributed by atoms with van der Waals surface area (Å²) in [5.41, 5.74) is 1.94. The van der Waals surface area contributed by atoms with E-state index in [9.17, 15) is 4.79 Å². The second-order valence-electron chi connectivity index (χ2n) is 6.68. The number of hydrogen-bond acceptors (Lipinski definition) is 7. The van der Waals surface area contributed by atoms with Gasteiger partial charge in [-0.2, -0.15) is 4.98 Å². The van der Waals surface area contributed by atoms with E-state index < -0.39 is 0 Å². The molecule has 4 rings (SSSR count). The number of carbonyl (C=O) groups is 1. The molecule has 0 bridgehead atoms. The summed E-state index contributed by atoms with van der Waals surface area (Å²) in [6.07, 6.45) is 0. The molecule has 0 saturated heterocycles. The van der Waals surface area contributed by atoms with Crippen LogP contribution >= 0.6 is 0 Å². The molecule has 0 spiro atoms. The van der Waals surface area contributed by atoms with E-state index in [4.69, 9.17) is 18.7 Å². The molecule has 1 heterocycles. The van der Waals surface area contributed by atoms with Crippen molar-refractivity contribution in [3.63, 3.8) is 0 Å². The molecule has 0 atom stereocenters. The lowest BCUT2D eigenvalue weighted by Gasteiger charge is -2.11. The first kappa shape index (κ1) is 20.9. The highest BCUT2D eigenvalue weighted by Gasteiger charge is 2.16. The SMILES string of the molecule is COc1ccc(-c2nc(-c3ccccc3OCC(=O)Nc3ccccc3OC)no2)cc1. The topological polar surface area (TPSA) is 95.7 Å². The van der Waals surface area contributed by atoms with Crippen molar-refractivity contribution in [2.45, 2.75) is 0 Å². The van der Waals surface area contributed by atoms with Crippen LogP contribution < -0.4 is 19.5 Å². The first-order chi connectivity index (χ1) is 15.7. The van der Waals surface area contributed by atoms with Crippen LogP contribution in [0.1, 0.15) is 0 Å². The largest absolute Gasteiger partial charge is 0.497 e. The van der Waals surface area contributed by atoms with Gasteiger partial charge in [0.25, 0.3) is 11.8 Å². The van der Waals surface area contributed by atoms with Gasteiger partial charge in [-0.15, -0.1) is 0 Å². The van der Waals surface area contributed by atoms with Gasteiger partial charge in [-0.1, -0.05) is 29.4 Å². The van der Waals surface area contributed by atoms with Crippen molar-refractivity contribution in [1.29, 1.82) is 0 Å². The zero-order valence-corrected chi connectivity index (χ0v) is 17.6. The zero-order valence-electron chi connectivity index (χ0n) is 17.6. The summed E-state index contributed by atoms with van der Waals surface area (Å²) in [5.74, 6) is 2.17. The summed E-state index contributed by atoms with van der Waals surface area (Å²) in [7, 11) is 3.15. The van der Waals surface area contributed by atoms with Crippen LogP contribution in [0, 0.1) is 0 Å². The lowest BCUT2D eigenvalue weighted by atomic mass is 10.2. The van der Waals surface area contributed by atoms with Gasteiger partial charge in [0.2, 0.25) is 5.82 Å². The molecular weight excluding hydrogens is 410 g/mol. The van der Waals surface area contributed by atoms with Gasteiger partial charge in [-0.05, 0) is 48.5 Å². The molecule has 4 aromatic rings. The number of hydrogen-bond donors (Lipinski definition) is 1. The Kier molecular flexibility index (Phi) is 6.31. The Morgan fingerprint density at radius 1 is 0.906 bits per heavy atom. The van der Waals surface area contributed by atoms with Crippen molar-refractivity contribution < 1.29 is 23.5 Å². The van der Waals surface area contributed by atoms with Crippen LogP contribution in [0.3, 0.4) is 0 Å². The monoisotopic (exact) mass is 431 g/mol. The molecular formula is C24H21N3O5. The fraction of sp³-hybridized carbons (Fsp3) is 0.125. The normalized spacial score (nSPS) is 10.4. The van der Waals surface area contributed by atoms with Gasteiger partial charge in [0.05, 0.1) is 25.5 Å². The Morgan fingerprint density at radius 2 is 1.62 bits per heavy atom. The molecule has 162 valence electrons. The molecule has 1 amide bonds. The summed E-state index contributed by atoms with van der Waals surface area (Å²) in [6, 6.07) is 21.6. The molecule has 0 unspecified atom stereocenters. The highest BCUT2D eigenvalue weighted by molar-refractivity contribution is 5.93. The Bertz CT molecular complexity index is 1200. The van der Waals surface area contributed by atoms with Crippen LogP contribution in [-0.2, 0) is 4.79 Å². The van der Waals surface area contributed by atoms with E-state index in [1.54, 1.807) is 44.6 Å². The fourth-order valence-corrected chi connectivity index (χ4v) is 3.04. The average Bonchev–Trinajstić information content (AvgIpc) is 3.33. The van der Waals surface area contributed by atoms with Crippen LogP contribution in [-0.4, -0.2) is 36.9 Å². The molecule has 0 saturated carbocycles. The first-order valence-electron chi connectivity index (χ1n) is 9.81. The van der Waals surface area contributed by atoms with Gasteiger partial charge in [-0.3, -0.25) is 4.79 Å². The Morgan fingerprint density at radius 3 is 2.38 bits per heavy atom. The molecule has 0 radical (unpaired) electrons. The van der Waals surface area contributed by atoms with Crippen molar-refractivity contribution in [3.05, 3.63) is 72.8 Å². The van der Waals surface area contributed by atoms with E-state index in [1.165, 1.54) is 0 Å². The number of anilines is 1. The zero-order chi connectivity index (χ0) is 22.3. The van der Waals surface area contributed by atoms with E-state index in [1.807, 2.05) is 42.5 Å². The molecule has 8 heteroatoms. The number of ether oxygens (including phenoxy) is 3. The number of methoxy groups -OCH3 is 2. The third-order valence-corrected chi connectivity index (χ3v) is 4.63. The van der Waals surface area contributed by atoms with Crippen LogP contribution in [0.5, 0.6) is 17.2 Å². The van der Waals surface area contributed by atoms with Crippen LogP contribution in [0.25, 0.3) is 22.8 Å². The van der Waals surface area contributed by atoms with Gasteiger partial charge in [0.15, 0.2) is 6.61 Å². The molecule has 0 fully saturated rings. The fourth-order valence-electron chi connectivity index (χ4n) is 3.04. The van der Waals surface area contributed by atoms with Crippen molar-refractivity contribution in [2.24, 2.45) is 0 Å². The van der Waals surface area contributed by atoms with E-state index in [-0.39, 0.29) is 12.5 Å². The van der Waals surface area contributed by atoms with Gasteiger partial charge in [0.1, 0.15) is 17.2 Å². The van der Waals surface area contributed by atoms with Gasteiger partial charge < -0.3 is 24.1 Å². The average molecular weight is 431 g/mol. The number of amides is 1. The highest BCUT2D eigenvalue weighted by Crippen LogP contribution is 2.30. The summed E-state index contributed by atoms with van der Waals surface area (Å²) in [4.78, 5) is 16.9. The number of carbonyl (C=O) groups excluding carboxylic acids is 1. The predicted octanol–water partition coefficient (Wildman–Crippen LogP) is 4.44. The summed E-state index contributed by atoms with van der Waals surface area (Å²) in [5, 5.41) is 6.85. The quantitative estimate of drug-likeness (QED) is 0.441. The molecule has 32 heavy (non-hydrogen) atoms.